The smallest absolute Gasteiger partial charge is 0.256 e. The normalized spacial score (nSPS) is 11.8. The van der Waals surface area contributed by atoms with E-state index in [1.54, 1.807) is 31.3 Å². The zero-order valence-corrected chi connectivity index (χ0v) is 16.6. The lowest BCUT2D eigenvalue weighted by Crippen LogP contribution is -2.33. The molecule has 0 atom stereocenters. The number of hydrogen-bond donors (Lipinski definition) is 1. The van der Waals surface area contributed by atoms with E-state index in [0.29, 0.717) is 11.3 Å². The van der Waals surface area contributed by atoms with Gasteiger partial charge in [-0.3, -0.25) is 4.79 Å². The number of benzene rings is 2. The SMILES string of the molecule is CC(C)N(C)S(=O)(=O)c1ccc(NC(=O)c2ccccc2I)cc1. The Kier molecular flexibility index (Phi) is 6.00. The van der Waals surface area contributed by atoms with Crippen LogP contribution in [0.25, 0.3) is 0 Å². The van der Waals surface area contributed by atoms with Gasteiger partial charge in [-0.15, -0.1) is 0 Å². The van der Waals surface area contributed by atoms with E-state index in [2.05, 4.69) is 27.9 Å². The molecule has 2 aromatic carbocycles. The molecule has 0 spiro atoms. The van der Waals surface area contributed by atoms with Crippen LogP contribution in [0.2, 0.25) is 0 Å². The van der Waals surface area contributed by atoms with Crippen LogP contribution in [-0.4, -0.2) is 31.7 Å². The molecule has 2 aromatic rings. The Morgan fingerprint density at radius 1 is 1.08 bits per heavy atom. The van der Waals surface area contributed by atoms with Gasteiger partial charge in [0.15, 0.2) is 0 Å². The monoisotopic (exact) mass is 458 g/mol. The molecule has 0 aliphatic rings. The number of carbonyl (C=O) groups is 1. The first kappa shape index (κ1) is 18.9. The van der Waals surface area contributed by atoms with E-state index in [1.807, 2.05) is 26.0 Å². The van der Waals surface area contributed by atoms with Crippen LogP contribution in [-0.2, 0) is 10.0 Å². The third-order valence-corrected chi connectivity index (χ3v) is 6.62. The van der Waals surface area contributed by atoms with Crippen LogP contribution in [0.4, 0.5) is 5.69 Å². The zero-order chi connectivity index (χ0) is 17.9. The summed E-state index contributed by atoms with van der Waals surface area (Å²) in [5.41, 5.74) is 1.13. The van der Waals surface area contributed by atoms with Crippen LogP contribution >= 0.6 is 22.6 Å². The first-order valence-corrected chi connectivity index (χ1v) is 9.89. The van der Waals surface area contributed by atoms with Crippen LogP contribution in [0, 0.1) is 3.57 Å². The average molecular weight is 458 g/mol. The number of halogens is 1. The third-order valence-electron chi connectivity index (χ3n) is 3.63. The lowest BCUT2D eigenvalue weighted by atomic mass is 10.2. The summed E-state index contributed by atoms with van der Waals surface area (Å²) in [6, 6.07) is 13.3. The van der Waals surface area contributed by atoms with Crippen molar-refractivity contribution in [3.05, 3.63) is 57.7 Å². The van der Waals surface area contributed by atoms with Gasteiger partial charge in [0.1, 0.15) is 0 Å². The van der Waals surface area contributed by atoms with Gasteiger partial charge < -0.3 is 5.32 Å². The molecule has 0 aromatic heterocycles. The van der Waals surface area contributed by atoms with Crippen LogP contribution in [0.5, 0.6) is 0 Å². The highest BCUT2D eigenvalue weighted by atomic mass is 127. The maximum atomic E-state index is 12.4. The lowest BCUT2D eigenvalue weighted by Gasteiger charge is -2.21. The molecule has 0 fully saturated rings. The van der Waals surface area contributed by atoms with Gasteiger partial charge in [0.2, 0.25) is 10.0 Å². The Labute approximate surface area is 156 Å². The number of amides is 1. The van der Waals surface area contributed by atoms with Gasteiger partial charge in [-0.2, -0.15) is 4.31 Å². The number of carbonyl (C=O) groups excluding carboxylic acids is 1. The van der Waals surface area contributed by atoms with Crippen molar-refractivity contribution in [2.24, 2.45) is 0 Å². The Balaban J connectivity index is 2.19. The number of nitrogens with zero attached hydrogens (tertiary/aromatic N) is 1. The molecule has 0 saturated carbocycles. The summed E-state index contributed by atoms with van der Waals surface area (Å²) in [6.45, 7) is 3.63. The quantitative estimate of drug-likeness (QED) is 0.697. The zero-order valence-electron chi connectivity index (χ0n) is 13.7. The van der Waals surface area contributed by atoms with Crippen LogP contribution in [0.15, 0.2) is 53.4 Å². The molecule has 0 aliphatic heterocycles. The van der Waals surface area contributed by atoms with Gasteiger partial charge in [0.05, 0.1) is 10.5 Å². The fourth-order valence-electron chi connectivity index (χ4n) is 2.00. The fraction of sp³-hybridized carbons (Fsp3) is 0.235. The largest absolute Gasteiger partial charge is 0.322 e. The van der Waals surface area contributed by atoms with E-state index in [-0.39, 0.29) is 16.8 Å². The van der Waals surface area contributed by atoms with Crippen LogP contribution in [0.1, 0.15) is 24.2 Å². The predicted octanol–water partition coefficient (Wildman–Crippen LogP) is 3.57. The highest BCUT2D eigenvalue weighted by Crippen LogP contribution is 2.20. The molecule has 0 unspecified atom stereocenters. The minimum absolute atomic E-state index is 0.130. The summed E-state index contributed by atoms with van der Waals surface area (Å²) in [6.07, 6.45) is 0. The molecule has 0 heterocycles. The molecule has 0 saturated heterocycles. The van der Waals surface area contributed by atoms with Gasteiger partial charge in [-0.25, -0.2) is 8.42 Å². The van der Waals surface area contributed by atoms with Crippen molar-refractivity contribution < 1.29 is 13.2 Å². The molecule has 24 heavy (non-hydrogen) atoms. The van der Waals surface area contributed by atoms with Crippen LogP contribution < -0.4 is 5.32 Å². The number of sulfonamides is 1. The van der Waals surface area contributed by atoms with Crippen molar-refractivity contribution in [2.45, 2.75) is 24.8 Å². The lowest BCUT2D eigenvalue weighted by molar-refractivity contribution is 0.102. The van der Waals surface area contributed by atoms with E-state index in [4.69, 9.17) is 0 Å². The molecule has 5 nitrogen and oxygen atoms in total. The van der Waals surface area contributed by atoms with E-state index in [0.717, 1.165) is 3.57 Å². The number of anilines is 1. The molecule has 2 rings (SSSR count). The molecule has 1 amide bonds. The first-order chi connectivity index (χ1) is 11.2. The summed E-state index contributed by atoms with van der Waals surface area (Å²) in [4.78, 5) is 12.5. The topological polar surface area (TPSA) is 66.5 Å². The maximum absolute atomic E-state index is 12.4. The standard InChI is InChI=1S/C17H19IN2O3S/c1-12(2)20(3)24(22,23)14-10-8-13(9-11-14)19-17(21)15-6-4-5-7-16(15)18/h4-12H,1-3H3,(H,19,21). The molecule has 0 bridgehead atoms. The maximum Gasteiger partial charge on any atom is 0.256 e. The summed E-state index contributed by atoms with van der Waals surface area (Å²) in [7, 11) is -1.97. The Morgan fingerprint density at radius 2 is 1.67 bits per heavy atom. The number of rotatable bonds is 5. The van der Waals surface area contributed by atoms with Crippen molar-refractivity contribution in [3.8, 4) is 0 Å². The second kappa shape index (κ2) is 7.62. The predicted molar refractivity (Wildman–Crippen MR) is 104 cm³/mol. The van der Waals surface area contributed by atoms with Crippen molar-refractivity contribution in [3.63, 3.8) is 0 Å². The van der Waals surface area contributed by atoms with Gasteiger partial charge in [0, 0.05) is 22.3 Å². The van der Waals surface area contributed by atoms with Crippen molar-refractivity contribution >= 4 is 44.2 Å². The Hall–Kier alpha value is -1.45. The molecule has 128 valence electrons. The molecular formula is C17H19IN2O3S. The van der Waals surface area contributed by atoms with Crippen molar-refractivity contribution in [1.29, 1.82) is 0 Å². The third kappa shape index (κ3) is 4.14. The minimum Gasteiger partial charge on any atom is -0.322 e. The molecule has 0 radical (unpaired) electrons. The molecular weight excluding hydrogens is 439 g/mol. The van der Waals surface area contributed by atoms with Crippen molar-refractivity contribution in [2.75, 3.05) is 12.4 Å². The highest BCUT2D eigenvalue weighted by molar-refractivity contribution is 14.1. The average Bonchev–Trinajstić information content (AvgIpc) is 2.54. The molecule has 1 N–H and O–H groups in total. The molecule has 7 heteroatoms. The van der Waals surface area contributed by atoms with Crippen LogP contribution in [0.3, 0.4) is 0 Å². The van der Waals surface area contributed by atoms with Gasteiger partial charge in [-0.1, -0.05) is 12.1 Å². The van der Waals surface area contributed by atoms with Gasteiger partial charge in [-0.05, 0) is 72.8 Å². The van der Waals surface area contributed by atoms with Crippen molar-refractivity contribution in [1.82, 2.24) is 4.31 Å². The Morgan fingerprint density at radius 3 is 2.21 bits per heavy atom. The summed E-state index contributed by atoms with van der Waals surface area (Å²) in [5, 5.41) is 2.78. The van der Waals surface area contributed by atoms with E-state index >= 15 is 0 Å². The summed E-state index contributed by atoms with van der Waals surface area (Å²) < 4.78 is 27.0. The minimum atomic E-state index is -3.52. The number of hydrogen-bond acceptors (Lipinski definition) is 3. The number of nitrogens with one attached hydrogen (secondary N) is 1. The summed E-state index contributed by atoms with van der Waals surface area (Å²) >= 11 is 2.10. The second-order valence-corrected chi connectivity index (χ2v) is 8.73. The van der Waals surface area contributed by atoms with E-state index in [1.165, 1.54) is 16.4 Å². The highest BCUT2D eigenvalue weighted by Gasteiger charge is 2.22. The summed E-state index contributed by atoms with van der Waals surface area (Å²) in [5.74, 6) is -0.227. The second-order valence-electron chi connectivity index (χ2n) is 5.57. The van der Waals surface area contributed by atoms with E-state index < -0.39 is 10.0 Å². The first-order valence-electron chi connectivity index (χ1n) is 7.37. The van der Waals surface area contributed by atoms with E-state index in [9.17, 15) is 13.2 Å². The fourth-order valence-corrected chi connectivity index (χ4v) is 4.00. The van der Waals surface area contributed by atoms with Gasteiger partial charge in [0.25, 0.3) is 5.91 Å². The van der Waals surface area contributed by atoms with Gasteiger partial charge >= 0.3 is 0 Å². The Bertz CT molecular complexity index is 833. The molecule has 0 aliphatic carbocycles.